The van der Waals surface area contributed by atoms with Crippen LogP contribution in [0.1, 0.15) is 37.8 Å². The summed E-state index contributed by atoms with van der Waals surface area (Å²) in [6, 6.07) is 6.32. The monoisotopic (exact) mass is 249 g/mol. The van der Waals surface area contributed by atoms with Crippen LogP contribution < -0.4 is 10.1 Å². The van der Waals surface area contributed by atoms with Gasteiger partial charge in [0.05, 0.1) is 13.0 Å². The smallest absolute Gasteiger partial charge is 0.223 e. The van der Waals surface area contributed by atoms with Crippen LogP contribution in [0.25, 0.3) is 0 Å². The number of nitrogens with one attached hydrogen (secondary N) is 1. The fourth-order valence-electron chi connectivity index (χ4n) is 1.57. The van der Waals surface area contributed by atoms with E-state index in [0.29, 0.717) is 13.0 Å². The molecule has 0 saturated heterocycles. The van der Waals surface area contributed by atoms with E-state index < -0.39 is 0 Å². The van der Waals surface area contributed by atoms with Gasteiger partial charge in [-0.25, -0.2) is 0 Å². The highest BCUT2D eigenvalue weighted by molar-refractivity contribution is 5.76. The Morgan fingerprint density at radius 2 is 2.11 bits per heavy atom. The van der Waals surface area contributed by atoms with Crippen molar-refractivity contribution in [3.05, 3.63) is 29.3 Å². The van der Waals surface area contributed by atoms with E-state index >= 15 is 0 Å². The van der Waals surface area contributed by atoms with Gasteiger partial charge in [-0.15, -0.1) is 0 Å². The molecule has 1 aromatic carbocycles. The highest BCUT2D eigenvalue weighted by Crippen LogP contribution is 2.19. The number of hydrogen-bond donors (Lipinski definition) is 1. The first-order chi connectivity index (χ1) is 8.52. The maximum Gasteiger partial charge on any atom is 0.223 e. The molecule has 1 aromatic rings. The molecule has 0 unspecified atom stereocenters. The Morgan fingerprint density at radius 1 is 1.39 bits per heavy atom. The molecule has 18 heavy (non-hydrogen) atoms. The maximum atomic E-state index is 11.6. The fourth-order valence-corrected chi connectivity index (χ4v) is 1.57. The summed E-state index contributed by atoms with van der Waals surface area (Å²) in [5, 5.41) is 2.92. The predicted molar refractivity (Wildman–Crippen MR) is 73.9 cm³/mol. The normalized spacial score (nSPS) is 12.0. The van der Waals surface area contributed by atoms with Gasteiger partial charge in [0.25, 0.3) is 0 Å². The third kappa shape index (κ3) is 4.78. The molecule has 1 amide bonds. The average molecular weight is 249 g/mol. The van der Waals surface area contributed by atoms with E-state index in [1.54, 1.807) is 0 Å². The van der Waals surface area contributed by atoms with Gasteiger partial charge in [-0.1, -0.05) is 19.1 Å². The zero-order valence-electron chi connectivity index (χ0n) is 11.7. The second-order valence-electron chi connectivity index (χ2n) is 4.74. The third-order valence-corrected chi connectivity index (χ3v) is 2.95. The first-order valence-electron chi connectivity index (χ1n) is 6.52. The van der Waals surface area contributed by atoms with E-state index in [1.165, 1.54) is 5.56 Å². The molecule has 1 N–H and O–H groups in total. The lowest BCUT2D eigenvalue weighted by Crippen LogP contribution is -2.32. The van der Waals surface area contributed by atoms with Crippen molar-refractivity contribution in [1.29, 1.82) is 0 Å². The largest absolute Gasteiger partial charge is 0.493 e. The Morgan fingerprint density at radius 3 is 2.78 bits per heavy atom. The zero-order valence-corrected chi connectivity index (χ0v) is 11.7. The van der Waals surface area contributed by atoms with E-state index in [0.717, 1.165) is 17.7 Å². The molecular formula is C15H23NO2. The number of benzene rings is 1. The Hall–Kier alpha value is -1.51. The molecule has 0 spiro atoms. The second kappa shape index (κ2) is 7.04. The maximum absolute atomic E-state index is 11.6. The lowest BCUT2D eigenvalue weighted by molar-refractivity contribution is -0.122. The number of amides is 1. The molecule has 0 aliphatic heterocycles. The van der Waals surface area contributed by atoms with Crippen molar-refractivity contribution >= 4 is 5.91 Å². The van der Waals surface area contributed by atoms with Crippen molar-refractivity contribution < 1.29 is 9.53 Å². The van der Waals surface area contributed by atoms with Crippen LogP contribution in [0.3, 0.4) is 0 Å². The fraction of sp³-hybridized carbons (Fsp3) is 0.533. The van der Waals surface area contributed by atoms with E-state index in [1.807, 2.05) is 32.9 Å². The van der Waals surface area contributed by atoms with Crippen LogP contribution in [0.4, 0.5) is 0 Å². The van der Waals surface area contributed by atoms with Gasteiger partial charge in [0.2, 0.25) is 5.91 Å². The molecule has 0 radical (unpaired) electrons. The molecule has 100 valence electrons. The Labute approximate surface area is 110 Å². The lowest BCUT2D eigenvalue weighted by Gasteiger charge is -2.12. The van der Waals surface area contributed by atoms with E-state index in [2.05, 4.69) is 18.3 Å². The number of rotatable bonds is 6. The average Bonchev–Trinajstić information content (AvgIpc) is 2.33. The van der Waals surface area contributed by atoms with Gasteiger partial charge in [-0.2, -0.15) is 0 Å². The molecule has 0 aliphatic carbocycles. The van der Waals surface area contributed by atoms with Crippen LogP contribution in [0.5, 0.6) is 5.75 Å². The minimum Gasteiger partial charge on any atom is -0.493 e. The second-order valence-corrected chi connectivity index (χ2v) is 4.74. The first-order valence-corrected chi connectivity index (χ1v) is 6.52. The SMILES string of the molecule is CC[C@H](C)NC(=O)CCOc1cc(C)ccc1C. The minimum atomic E-state index is 0.0506. The highest BCUT2D eigenvalue weighted by atomic mass is 16.5. The molecule has 3 heteroatoms. The molecule has 1 rings (SSSR count). The molecule has 0 heterocycles. The number of carbonyl (C=O) groups is 1. The van der Waals surface area contributed by atoms with Gasteiger partial charge in [0.15, 0.2) is 0 Å². The van der Waals surface area contributed by atoms with E-state index in [-0.39, 0.29) is 11.9 Å². The topological polar surface area (TPSA) is 38.3 Å². The van der Waals surface area contributed by atoms with E-state index in [4.69, 9.17) is 4.74 Å². The van der Waals surface area contributed by atoms with Crippen molar-refractivity contribution in [3.8, 4) is 5.75 Å². The predicted octanol–water partition coefficient (Wildman–Crippen LogP) is 2.99. The zero-order chi connectivity index (χ0) is 13.5. The van der Waals surface area contributed by atoms with Gasteiger partial charge in [0, 0.05) is 6.04 Å². The van der Waals surface area contributed by atoms with Gasteiger partial charge in [-0.05, 0) is 44.4 Å². The van der Waals surface area contributed by atoms with Gasteiger partial charge < -0.3 is 10.1 Å². The summed E-state index contributed by atoms with van der Waals surface area (Å²) in [5.74, 6) is 0.918. The molecule has 0 aromatic heterocycles. The number of hydrogen-bond acceptors (Lipinski definition) is 2. The summed E-state index contributed by atoms with van der Waals surface area (Å²) >= 11 is 0. The Balaban J connectivity index is 2.37. The molecular weight excluding hydrogens is 226 g/mol. The van der Waals surface area contributed by atoms with Gasteiger partial charge >= 0.3 is 0 Å². The van der Waals surface area contributed by atoms with Crippen LogP contribution in [-0.4, -0.2) is 18.6 Å². The molecule has 0 aliphatic rings. The molecule has 0 saturated carbocycles. The van der Waals surface area contributed by atoms with E-state index in [9.17, 15) is 4.79 Å². The van der Waals surface area contributed by atoms with Crippen molar-refractivity contribution in [2.75, 3.05) is 6.61 Å². The summed E-state index contributed by atoms with van der Waals surface area (Å²) < 4.78 is 5.64. The Bertz CT molecular complexity index is 401. The quantitative estimate of drug-likeness (QED) is 0.841. The number of carbonyl (C=O) groups excluding carboxylic acids is 1. The standard InChI is InChI=1S/C15H23NO2/c1-5-13(4)16-15(17)8-9-18-14-10-11(2)6-7-12(14)3/h6-7,10,13H,5,8-9H2,1-4H3,(H,16,17)/t13-/m0/s1. The van der Waals surface area contributed by atoms with Crippen molar-refractivity contribution in [1.82, 2.24) is 5.32 Å². The summed E-state index contributed by atoms with van der Waals surface area (Å²) in [6.07, 6.45) is 1.35. The first kappa shape index (κ1) is 14.6. The summed E-state index contributed by atoms with van der Waals surface area (Å²) in [4.78, 5) is 11.6. The van der Waals surface area contributed by atoms with Crippen molar-refractivity contribution in [2.45, 2.75) is 46.6 Å². The molecule has 3 nitrogen and oxygen atoms in total. The lowest BCUT2D eigenvalue weighted by atomic mass is 10.1. The van der Waals surface area contributed by atoms with Crippen LogP contribution in [0.2, 0.25) is 0 Å². The summed E-state index contributed by atoms with van der Waals surface area (Å²) in [5.41, 5.74) is 2.27. The summed E-state index contributed by atoms with van der Waals surface area (Å²) in [6.45, 7) is 8.52. The number of ether oxygens (including phenoxy) is 1. The van der Waals surface area contributed by atoms with Crippen LogP contribution in [-0.2, 0) is 4.79 Å². The summed E-state index contributed by atoms with van der Waals surface area (Å²) in [7, 11) is 0. The van der Waals surface area contributed by atoms with Crippen molar-refractivity contribution in [3.63, 3.8) is 0 Å². The minimum absolute atomic E-state index is 0.0506. The molecule has 0 fully saturated rings. The molecule has 0 bridgehead atoms. The van der Waals surface area contributed by atoms with Gasteiger partial charge in [-0.3, -0.25) is 4.79 Å². The number of aryl methyl sites for hydroxylation is 2. The van der Waals surface area contributed by atoms with Gasteiger partial charge in [0.1, 0.15) is 5.75 Å². The third-order valence-electron chi connectivity index (χ3n) is 2.95. The van der Waals surface area contributed by atoms with Crippen LogP contribution in [0, 0.1) is 13.8 Å². The van der Waals surface area contributed by atoms with Crippen LogP contribution >= 0.6 is 0 Å². The van der Waals surface area contributed by atoms with Crippen LogP contribution in [0.15, 0.2) is 18.2 Å². The Kier molecular flexibility index (Phi) is 5.69. The van der Waals surface area contributed by atoms with Crippen molar-refractivity contribution in [2.24, 2.45) is 0 Å². The highest BCUT2D eigenvalue weighted by Gasteiger charge is 2.06. The molecule has 1 atom stereocenters.